The van der Waals surface area contributed by atoms with Crippen LogP contribution in [-0.2, 0) is 27.3 Å². The Hall–Kier alpha value is -1.09. The van der Waals surface area contributed by atoms with Gasteiger partial charge in [0.15, 0.2) is 5.82 Å². The van der Waals surface area contributed by atoms with Crippen molar-refractivity contribution in [2.24, 2.45) is 5.92 Å². The number of rotatable bonds is 6. The Labute approximate surface area is 143 Å². The molecule has 1 aromatic rings. The fraction of sp³-hybridized carbons (Fsp3) is 0.938. The molecule has 0 unspecified atom stereocenters. The maximum Gasteiger partial charge on any atom is 0.165 e. The summed E-state index contributed by atoms with van der Waals surface area (Å²) in [5.41, 5.74) is -0.194. The molecule has 24 heavy (non-hydrogen) atoms. The summed E-state index contributed by atoms with van der Waals surface area (Å²) in [4.78, 5) is 2.36. The summed E-state index contributed by atoms with van der Waals surface area (Å²) in [7, 11) is 1.71. The predicted molar refractivity (Wildman–Crippen MR) is 87.5 cm³/mol. The molecular weight excluding hydrogens is 310 g/mol. The summed E-state index contributed by atoms with van der Waals surface area (Å²) < 4.78 is 18.7. The number of morpholine rings is 1. The van der Waals surface area contributed by atoms with Gasteiger partial charge in [0.05, 0.1) is 24.9 Å². The molecule has 2 saturated heterocycles. The van der Waals surface area contributed by atoms with Crippen LogP contribution >= 0.6 is 0 Å². The van der Waals surface area contributed by atoms with Crippen LogP contribution in [0.1, 0.15) is 32.5 Å². The topological polar surface area (TPSA) is 74.5 Å². The minimum Gasteiger partial charge on any atom is -0.382 e. The lowest BCUT2D eigenvalue weighted by Crippen LogP contribution is -2.53. The smallest absolute Gasteiger partial charge is 0.165 e. The zero-order valence-corrected chi connectivity index (χ0v) is 15.0. The molecule has 2 fully saturated rings. The number of hydrogen-bond acceptors (Lipinski definition) is 7. The van der Waals surface area contributed by atoms with Gasteiger partial charge in [0.1, 0.15) is 0 Å². The van der Waals surface area contributed by atoms with Crippen molar-refractivity contribution >= 4 is 0 Å². The number of hydrogen-bond donors (Lipinski definition) is 0. The zero-order valence-electron chi connectivity index (χ0n) is 15.0. The fourth-order valence-corrected chi connectivity index (χ4v) is 3.66. The van der Waals surface area contributed by atoms with Crippen molar-refractivity contribution in [1.29, 1.82) is 0 Å². The maximum atomic E-state index is 6.08. The summed E-state index contributed by atoms with van der Waals surface area (Å²) in [5.74, 6) is 1.53. The molecule has 0 radical (unpaired) electrons. The quantitative estimate of drug-likeness (QED) is 0.756. The van der Waals surface area contributed by atoms with Crippen LogP contribution in [-0.4, -0.2) is 76.8 Å². The highest BCUT2D eigenvalue weighted by Crippen LogP contribution is 2.23. The first-order valence-corrected chi connectivity index (χ1v) is 8.77. The standard InChI is InChI=1S/C16H29N5O3/c1-16(2)12-20(9-14(24-16)11-22-3)10-15-17-18-19-21(15)8-13-4-6-23-7-5-13/h13-14H,4-12H2,1-3H3/t14-/m0/s1. The Bertz CT molecular complexity index is 516. The predicted octanol–water partition coefficient (Wildman–Crippen LogP) is 0.726. The summed E-state index contributed by atoms with van der Waals surface area (Å²) in [6.07, 6.45) is 2.25. The van der Waals surface area contributed by atoms with E-state index in [2.05, 4.69) is 34.3 Å². The molecule has 0 amide bonds. The van der Waals surface area contributed by atoms with Crippen LogP contribution in [0.15, 0.2) is 0 Å². The summed E-state index contributed by atoms with van der Waals surface area (Å²) in [6.45, 7) is 9.84. The van der Waals surface area contributed by atoms with Crippen molar-refractivity contribution < 1.29 is 14.2 Å². The van der Waals surface area contributed by atoms with Crippen LogP contribution in [0.4, 0.5) is 0 Å². The molecule has 0 aliphatic carbocycles. The molecule has 0 saturated carbocycles. The van der Waals surface area contributed by atoms with E-state index in [4.69, 9.17) is 14.2 Å². The van der Waals surface area contributed by atoms with Gasteiger partial charge in [-0.15, -0.1) is 5.10 Å². The van der Waals surface area contributed by atoms with E-state index in [1.54, 1.807) is 7.11 Å². The molecule has 3 rings (SSSR count). The number of aromatic nitrogens is 4. The molecule has 8 heteroatoms. The summed E-state index contributed by atoms with van der Waals surface area (Å²) in [5, 5.41) is 12.3. The molecule has 136 valence electrons. The van der Waals surface area contributed by atoms with Crippen molar-refractivity contribution in [2.45, 2.75) is 51.5 Å². The highest BCUT2D eigenvalue weighted by molar-refractivity contribution is 4.89. The second kappa shape index (κ2) is 7.86. The lowest BCUT2D eigenvalue weighted by Gasteiger charge is -2.42. The molecule has 2 aliphatic heterocycles. The van der Waals surface area contributed by atoms with Gasteiger partial charge in [-0.3, -0.25) is 4.90 Å². The molecule has 3 heterocycles. The minimum atomic E-state index is -0.194. The molecule has 1 aromatic heterocycles. The van der Waals surface area contributed by atoms with Gasteiger partial charge in [0, 0.05) is 40.0 Å². The first-order valence-electron chi connectivity index (χ1n) is 8.77. The lowest BCUT2D eigenvalue weighted by molar-refractivity contribution is -0.154. The fourth-order valence-electron chi connectivity index (χ4n) is 3.66. The van der Waals surface area contributed by atoms with Crippen molar-refractivity contribution in [3.63, 3.8) is 0 Å². The van der Waals surface area contributed by atoms with Crippen molar-refractivity contribution in [3.8, 4) is 0 Å². The van der Waals surface area contributed by atoms with Crippen LogP contribution in [0.25, 0.3) is 0 Å². The Morgan fingerprint density at radius 1 is 1.29 bits per heavy atom. The van der Waals surface area contributed by atoms with Gasteiger partial charge in [-0.1, -0.05) is 0 Å². The number of methoxy groups -OCH3 is 1. The minimum absolute atomic E-state index is 0.0820. The first-order chi connectivity index (χ1) is 11.6. The van der Waals surface area contributed by atoms with E-state index >= 15 is 0 Å². The van der Waals surface area contributed by atoms with Gasteiger partial charge in [0.25, 0.3) is 0 Å². The van der Waals surface area contributed by atoms with Crippen LogP contribution < -0.4 is 0 Å². The van der Waals surface area contributed by atoms with Crippen LogP contribution in [0.2, 0.25) is 0 Å². The third kappa shape index (κ3) is 4.72. The van der Waals surface area contributed by atoms with Crippen molar-refractivity contribution in [2.75, 3.05) is 40.0 Å². The normalized spacial score (nSPS) is 25.9. The van der Waals surface area contributed by atoms with E-state index in [-0.39, 0.29) is 11.7 Å². The largest absolute Gasteiger partial charge is 0.382 e. The average molecular weight is 339 g/mol. The van der Waals surface area contributed by atoms with E-state index in [1.165, 1.54) is 0 Å². The SMILES string of the molecule is COC[C@@H]1CN(Cc2nnnn2CC2CCOCC2)CC(C)(C)O1. The number of nitrogens with zero attached hydrogens (tertiary/aromatic N) is 5. The van der Waals surface area contributed by atoms with Crippen molar-refractivity contribution in [1.82, 2.24) is 25.1 Å². The molecule has 0 N–H and O–H groups in total. The third-order valence-electron chi connectivity index (χ3n) is 4.65. The second-order valence-electron chi connectivity index (χ2n) is 7.46. The second-order valence-corrected chi connectivity index (χ2v) is 7.46. The van der Waals surface area contributed by atoms with Gasteiger partial charge in [-0.05, 0) is 43.0 Å². The van der Waals surface area contributed by atoms with Crippen LogP contribution in [0.3, 0.4) is 0 Å². The molecule has 1 atom stereocenters. The Morgan fingerprint density at radius 2 is 2.08 bits per heavy atom. The number of ether oxygens (including phenoxy) is 3. The Kier molecular flexibility index (Phi) is 5.80. The Balaban J connectivity index is 1.61. The lowest BCUT2D eigenvalue weighted by atomic mass is 10.0. The zero-order chi connectivity index (χ0) is 17.0. The highest BCUT2D eigenvalue weighted by Gasteiger charge is 2.34. The molecule has 8 nitrogen and oxygen atoms in total. The van der Waals surface area contributed by atoms with E-state index in [0.717, 1.165) is 58.1 Å². The first kappa shape index (κ1) is 17.7. The van der Waals surface area contributed by atoms with E-state index in [0.29, 0.717) is 12.5 Å². The maximum absolute atomic E-state index is 6.08. The van der Waals surface area contributed by atoms with E-state index < -0.39 is 0 Å². The summed E-state index contributed by atoms with van der Waals surface area (Å²) in [6, 6.07) is 0. The van der Waals surface area contributed by atoms with Gasteiger partial charge in [-0.2, -0.15) is 0 Å². The molecule has 0 bridgehead atoms. The van der Waals surface area contributed by atoms with Crippen LogP contribution in [0, 0.1) is 5.92 Å². The van der Waals surface area contributed by atoms with Crippen molar-refractivity contribution in [3.05, 3.63) is 5.82 Å². The van der Waals surface area contributed by atoms with E-state index in [9.17, 15) is 0 Å². The Morgan fingerprint density at radius 3 is 2.83 bits per heavy atom. The highest BCUT2D eigenvalue weighted by atomic mass is 16.5. The van der Waals surface area contributed by atoms with Gasteiger partial charge in [0.2, 0.25) is 0 Å². The molecule has 0 spiro atoms. The molecular formula is C16H29N5O3. The molecule has 2 aliphatic rings. The van der Waals surface area contributed by atoms with Gasteiger partial charge in [-0.25, -0.2) is 4.68 Å². The van der Waals surface area contributed by atoms with Gasteiger partial charge < -0.3 is 14.2 Å². The molecule has 0 aromatic carbocycles. The monoisotopic (exact) mass is 339 g/mol. The van der Waals surface area contributed by atoms with Crippen LogP contribution in [0.5, 0.6) is 0 Å². The number of tetrazole rings is 1. The van der Waals surface area contributed by atoms with E-state index in [1.807, 2.05) is 4.68 Å². The summed E-state index contributed by atoms with van der Waals surface area (Å²) >= 11 is 0. The third-order valence-corrected chi connectivity index (χ3v) is 4.65. The average Bonchev–Trinajstić information content (AvgIpc) is 2.94. The van der Waals surface area contributed by atoms with Gasteiger partial charge >= 0.3 is 0 Å².